The topological polar surface area (TPSA) is 50.7 Å². The van der Waals surface area contributed by atoms with Gasteiger partial charge in [-0.05, 0) is 25.0 Å². The number of hydrogen-bond acceptors (Lipinski definition) is 2. The second kappa shape index (κ2) is 4.72. The van der Waals surface area contributed by atoms with E-state index in [1.54, 1.807) is 23.2 Å². The van der Waals surface area contributed by atoms with Crippen LogP contribution in [0.25, 0.3) is 11.0 Å². The lowest BCUT2D eigenvalue weighted by Crippen LogP contribution is -2.21. The zero-order valence-electron chi connectivity index (χ0n) is 10.8. The van der Waals surface area contributed by atoms with Crippen LogP contribution in [0.2, 0.25) is 0 Å². The molecule has 0 spiro atoms. The van der Waals surface area contributed by atoms with Gasteiger partial charge >= 0.3 is 0 Å². The summed E-state index contributed by atoms with van der Waals surface area (Å²) in [6.45, 7) is 2.72. The predicted molar refractivity (Wildman–Crippen MR) is 75.2 cm³/mol. The maximum absolute atomic E-state index is 12.2. The second-order valence-electron chi connectivity index (χ2n) is 4.72. The van der Waals surface area contributed by atoms with E-state index in [2.05, 4.69) is 41.2 Å². The van der Waals surface area contributed by atoms with Crippen molar-refractivity contribution in [2.45, 2.75) is 19.9 Å². The molecule has 19 heavy (non-hydrogen) atoms. The molecular weight excluding hydrogens is 238 g/mol. The van der Waals surface area contributed by atoms with E-state index >= 15 is 0 Å². The van der Waals surface area contributed by atoms with Gasteiger partial charge in [-0.3, -0.25) is 9.36 Å². The zero-order valence-corrected chi connectivity index (χ0v) is 10.8. The van der Waals surface area contributed by atoms with Crippen LogP contribution in [0.3, 0.4) is 0 Å². The van der Waals surface area contributed by atoms with Gasteiger partial charge in [-0.2, -0.15) is 0 Å². The zero-order chi connectivity index (χ0) is 13.2. The van der Waals surface area contributed by atoms with Gasteiger partial charge in [0.15, 0.2) is 0 Å². The van der Waals surface area contributed by atoms with Crippen LogP contribution < -0.4 is 5.56 Å². The van der Waals surface area contributed by atoms with Gasteiger partial charge in [-0.15, -0.1) is 0 Å². The standard InChI is InChI=1S/C15H15N3O/c1-11-2-4-12(5-3-11)7-9-18-10-17-14-13(15(18)19)6-8-16-14/h2-6,8,10,16H,7,9H2,1H3. The third-order valence-electron chi connectivity index (χ3n) is 3.30. The van der Waals surface area contributed by atoms with Crippen LogP contribution in [0.5, 0.6) is 0 Å². The fraction of sp³-hybridized carbons (Fsp3) is 0.200. The quantitative estimate of drug-likeness (QED) is 0.778. The van der Waals surface area contributed by atoms with Gasteiger partial charge in [0.25, 0.3) is 5.56 Å². The minimum absolute atomic E-state index is 0.0124. The van der Waals surface area contributed by atoms with Crippen LogP contribution in [0.4, 0.5) is 0 Å². The number of aromatic nitrogens is 3. The Morgan fingerprint density at radius 3 is 2.79 bits per heavy atom. The minimum Gasteiger partial charge on any atom is -0.346 e. The van der Waals surface area contributed by atoms with Crippen molar-refractivity contribution in [3.63, 3.8) is 0 Å². The summed E-state index contributed by atoms with van der Waals surface area (Å²) in [6.07, 6.45) is 4.18. The summed E-state index contributed by atoms with van der Waals surface area (Å²) in [6, 6.07) is 10.1. The van der Waals surface area contributed by atoms with Crippen molar-refractivity contribution in [3.05, 3.63) is 64.3 Å². The number of fused-ring (bicyclic) bond motifs is 1. The first kappa shape index (κ1) is 11.7. The molecule has 0 aliphatic rings. The summed E-state index contributed by atoms with van der Waals surface area (Å²) in [4.78, 5) is 19.3. The van der Waals surface area contributed by atoms with Gasteiger partial charge in [-0.25, -0.2) is 4.98 Å². The number of hydrogen-bond donors (Lipinski definition) is 1. The van der Waals surface area contributed by atoms with Gasteiger partial charge in [0.05, 0.1) is 11.7 Å². The fourth-order valence-corrected chi connectivity index (χ4v) is 2.14. The first-order valence-electron chi connectivity index (χ1n) is 6.32. The SMILES string of the molecule is Cc1ccc(CCn2cnc3[nH]ccc3c2=O)cc1. The summed E-state index contributed by atoms with van der Waals surface area (Å²) in [5, 5.41) is 0.645. The molecule has 0 saturated heterocycles. The Bertz CT molecular complexity index is 753. The Labute approximate surface area is 110 Å². The fourth-order valence-electron chi connectivity index (χ4n) is 2.14. The van der Waals surface area contributed by atoms with E-state index in [4.69, 9.17) is 0 Å². The molecule has 0 aliphatic heterocycles. The second-order valence-corrected chi connectivity index (χ2v) is 4.72. The van der Waals surface area contributed by atoms with Crippen molar-refractivity contribution in [2.75, 3.05) is 0 Å². The van der Waals surface area contributed by atoms with Gasteiger partial charge in [0.2, 0.25) is 0 Å². The Hall–Kier alpha value is -2.36. The average Bonchev–Trinajstić information content (AvgIpc) is 2.89. The Balaban J connectivity index is 1.83. The maximum atomic E-state index is 12.2. The van der Waals surface area contributed by atoms with Crippen LogP contribution in [0, 0.1) is 6.92 Å². The molecular formula is C15H15N3O. The maximum Gasteiger partial charge on any atom is 0.262 e. The van der Waals surface area contributed by atoms with Crippen molar-refractivity contribution >= 4 is 11.0 Å². The molecule has 0 amide bonds. The van der Waals surface area contributed by atoms with E-state index in [1.165, 1.54) is 11.1 Å². The molecule has 0 fully saturated rings. The largest absolute Gasteiger partial charge is 0.346 e. The molecule has 1 N–H and O–H groups in total. The smallest absolute Gasteiger partial charge is 0.262 e. The van der Waals surface area contributed by atoms with Gasteiger partial charge < -0.3 is 4.98 Å². The molecule has 4 nitrogen and oxygen atoms in total. The molecule has 1 aromatic carbocycles. The molecule has 2 aromatic heterocycles. The monoisotopic (exact) mass is 253 g/mol. The molecule has 0 atom stereocenters. The number of benzene rings is 1. The normalized spacial score (nSPS) is 11.0. The lowest BCUT2D eigenvalue weighted by atomic mass is 10.1. The Kier molecular flexibility index (Phi) is 2.91. The van der Waals surface area contributed by atoms with Crippen LogP contribution in [0.15, 0.2) is 47.7 Å². The van der Waals surface area contributed by atoms with Crippen molar-refractivity contribution in [1.82, 2.24) is 14.5 Å². The van der Waals surface area contributed by atoms with Crippen LogP contribution >= 0.6 is 0 Å². The van der Waals surface area contributed by atoms with Crippen molar-refractivity contribution < 1.29 is 0 Å². The molecule has 4 heteroatoms. The van der Waals surface area contributed by atoms with E-state index in [0.29, 0.717) is 17.6 Å². The molecule has 2 heterocycles. The lowest BCUT2D eigenvalue weighted by molar-refractivity contribution is 0.662. The number of aromatic amines is 1. The van der Waals surface area contributed by atoms with Gasteiger partial charge in [-0.1, -0.05) is 29.8 Å². The highest BCUT2D eigenvalue weighted by molar-refractivity contribution is 5.73. The summed E-state index contributed by atoms with van der Waals surface area (Å²) in [7, 11) is 0. The Morgan fingerprint density at radius 1 is 1.21 bits per heavy atom. The molecule has 3 aromatic rings. The molecule has 0 bridgehead atoms. The number of rotatable bonds is 3. The molecule has 0 aliphatic carbocycles. The first-order valence-corrected chi connectivity index (χ1v) is 6.32. The number of aryl methyl sites for hydroxylation is 3. The van der Waals surface area contributed by atoms with E-state index in [1.807, 2.05) is 0 Å². The average molecular weight is 253 g/mol. The molecule has 0 unspecified atom stereocenters. The van der Waals surface area contributed by atoms with Gasteiger partial charge in [0, 0.05) is 12.7 Å². The highest BCUT2D eigenvalue weighted by Gasteiger charge is 2.04. The molecule has 0 saturated carbocycles. The summed E-state index contributed by atoms with van der Waals surface area (Å²) in [5.41, 5.74) is 3.14. The van der Waals surface area contributed by atoms with Crippen LogP contribution in [-0.4, -0.2) is 14.5 Å². The lowest BCUT2D eigenvalue weighted by Gasteiger charge is -2.05. The number of nitrogens with one attached hydrogen (secondary N) is 1. The number of nitrogens with zero attached hydrogens (tertiary/aromatic N) is 2. The molecule has 3 rings (SSSR count). The first-order chi connectivity index (χ1) is 9.24. The predicted octanol–water partition coefficient (Wildman–Crippen LogP) is 2.28. The minimum atomic E-state index is 0.0124. The third kappa shape index (κ3) is 2.29. The van der Waals surface area contributed by atoms with Crippen LogP contribution in [0.1, 0.15) is 11.1 Å². The van der Waals surface area contributed by atoms with Gasteiger partial charge in [0.1, 0.15) is 5.65 Å². The highest BCUT2D eigenvalue weighted by Crippen LogP contribution is 2.06. The Morgan fingerprint density at radius 2 is 2.00 bits per heavy atom. The molecule has 96 valence electrons. The van der Waals surface area contributed by atoms with Crippen LogP contribution in [-0.2, 0) is 13.0 Å². The summed E-state index contributed by atoms with van der Waals surface area (Å²) < 4.78 is 1.66. The van der Waals surface area contributed by atoms with Crippen molar-refractivity contribution in [2.24, 2.45) is 0 Å². The van der Waals surface area contributed by atoms with E-state index in [-0.39, 0.29) is 5.56 Å². The summed E-state index contributed by atoms with van der Waals surface area (Å²) in [5.74, 6) is 0. The summed E-state index contributed by atoms with van der Waals surface area (Å²) >= 11 is 0. The molecule has 0 radical (unpaired) electrons. The van der Waals surface area contributed by atoms with E-state index in [0.717, 1.165) is 6.42 Å². The van der Waals surface area contributed by atoms with E-state index in [9.17, 15) is 4.79 Å². The van der Waals surface area contributed by atoms with Crippen molar-refractivity contribution in [3.8, 4) is 0 Å². The third-order valence-corrected chi connectivity index (χ3v) is 3.30. The highest BCUT2D eigenvalue weighted by atomic mass is 16.1. The van der Waals surface area contributed by atoms with E-state index < -0.39 is 0 Å². The number of H-pyrrole nitrogens is 1. The van der Waals surface area contributed by atoms with Crippen molar-refractivity contribution in [1.29, 1.82) is 0 Å².